The lowest BCUT2D eigenvalue weighted by molar-refractivity contribution is -0.686. The van der Waals surface area contributed by atoms with E-state index in [9.17, 15) is 62.3 Å². The average Bonchev–Trinajstić information content (AvgIpc) is 1.65. The number of hydrogen-bond acceptors (Lipinski definition) is 4. The highest BCUT2D eigenvalue weighted by atomic mass is 19.2. The number of Topliss-reactive ketones (excluding diaryl/α,β-unsaturated/α-hetero) is 1. The molecule has 0 amide bonds. The first kappa shape index (κ1) is 56.4. The number of benzene rings is 9. The second-order valence-corrected chi connectivity index (χ2v) is 17.4. The Morgan fingerprint density at radius 3 is 1.16 bits per heavy atom. The predicted molar refractivity (Wildman–Crippen MR) is 248 cm³/mol. The third-order valence-electron chi connectivity index (χ3n) is 13.0. The van der Waals surface area contributed by atoms with Crippen LogP contribution in [0.25, 0.3) is 32.3 Å². The van der Waals surface area contributed by atoms with Crippen molar-refractivity contribution in [2.24, 2.45) is 0 Å². The molecule has 5 nitrogen and oxygen atoms in total. The Morgan fingerprint density at radius 2 is 0.741 bits per heavy atom. The van der Waals surface area contributed by atoms with Gasteiger partial charge in [-0.25, -0.2) is 92.6 Å². The standard InChI is InChI=1S/C31H21N2O3.C24BF20/c34-29(21-8-2-1-3-9-21)20-33-15-14-32-19-28(33)31(35)36-30-26-13-7-6-12-24(26)17-25-16-22-10-4-5-11-23(22)18-27(25)30;26-5-1(6(27)14(35)21(42)13(5)34)25(2-7(28)15(36)22(43)16(37)8(2)29,3-9(30)17(38)23(44)18(39)10(3)31)4-11(32)19(40)24(45)20(41)12(4)33/h1-19H,20H2;/q+1;-1. The van der Waals surface area contributed by atoms with Crippen LogP contribution in [-0.4, -0.2) is 22.9 Å². The van der Waals surface area contributed by atoms with E-state index < -0.39 is 150 Å². The largest absolute Gasteiger partial charge is 0.417 e. The molecule has 0 N–H and O–H groups in total. The molecule has 0 aliphatic carbocycles. The molecular weight excluding hydrogens is 1130 g/mol. The van der Waals surface area contributed by atoms with Gasteiger partial charge in [0.05, 0.1) is 6.20 Å². The van der Waals surface area contributed by atoms with Crippen molar-refractivity contribution in [2.75, 3.05) is 0 Å². The van der Waals surface area contributed by atoms with Gasteiger partial charge in [-0.1, -0.05) is 78.9 Å². The van der Waals surface area contributed by atoms with Crippen LogP contribution >= 0.6 is 0 Å². The molecule has 0 fully saturated rings. The zero-order valence-electron chi connectivity index (χ0n) is 39.4. The average molecular weight is 1150 g/mol. The molecule has 1 heterocycles. The van der Waals surface area contributed by atoms with Crippen LogP contribution in [0.15, 0.2) is 116 Å². The van der Waals surface area contributed by atoms with Crippen LogP contribution in [0.4, 0.5) is 87.8 Å². The number of carbonyl (C=O) groups is 2. The van der Waals surface area contributed by atoms with E-state index in [4.69, 9.17) is 4.74 Å². The molecule has 0 unspecified atom stereocenters. The minimum Gasteiger partial charge on any atom is -0.417 e. The fourth-order valence-corrected chi connectivity index (χ4v) is 9.41. The van der Waals surface area contributed by atoms with Crippen LogP contribution in [0.3, 0.4) is 0 Å². The van der Waals surface area contributed by atoms with Crippen molar-refractivity contribution in [1.82, 2.24) is 4.98 Å². The molecule has 0 saturated carbocycles. The Bertz CT molecular complexity index is 3920. The number of ether oxygens (including phenoxy) is 1. The summed E-state index contributed by atoms with van der Waals surface area (Å²) in [6, 6.07) is 31.2. The van der Waals surface area contributed by atoms with Crippen LogP contribution < -0.4 is 31.2 Å². The van der Waals surface area contributed by atoms with Gasteiger partial charge in [0.15, 0.2) is 76.0 Å². The SMILES string of the molecule is Fc1c(F)c(F)c([B-](c2c(F)c(F)c(F)c(F)c2F)(c2c(F)c(F)c(F)c(F)c2F)c2c(F)c(F)c(F)c(F)c2F)c(F)c1F.O=C(C[n+]1ccncc1C(=O)Oc1c2ccccc2cc2cc3ccccc3cc12)c1ccccc1. The van der Waals surface area contributed by atoms with Gasteiger partial charge in [-0.2, -0.15) is 4.57 Å². The number of rotatable bonds is 9. The Morgan fingerprint density at radius 1 is 0.395 bits per heavy atom. The fraction of sp³-hybridized carbons (Fsp3) is 0.0182. The Kier molecular flexibility index (Phi) is 14.9. The molecule has 1 aromatic heterocycles. The molecular formula is C55H21BF20N2O3. The molecule has 0 bridgehead atoms. The normalized spacial score (nSPS) is 11.6. The summed E-state index contributed by atoms with van der Waals surface area (Å²) in [4.78, 5) is 30.5. The molecule has 81 heavy (non-hydrogen) atoms. The number of carbonyl (C=O) groups excluding carboxylic acids is 2. The third kappa shape index (κ3) is 9.06. The molecule has 0 radical (unpaired) electrons. The number of esters is 1. The number of aromatic nitrogens is 2. The molecule has 0 aliphatic rings. The lowest BCUT2D eigenvalue weighted by Gasteiger charge is -2.44. The smallest absolute Gasteiger partial charge is 0.410 e. The van der Waals surface area contributed by atoms with Crippen molar-refractivity contribution < 1.29 is 107 Å². The summed E-state index contributed by atoms with van der Waals surface area (Å²) in [6.07, 6.45) is -2.62. The Hall–Kier alpha value is -9.36. The second-order valence-electron chi connectivity index (χ2n) is 17.4. The molecule has 0 saturated heterocycles. The van der Waals surface area contributed by atoms with E-state index >= 15 is 35.1 Å². The van der Waals surface area contributed by atoms with Crippen LogP contribution in [-0.2, 0) is 6.54 Å². The molecule has 0 spiro atoms. The summed E-state index contributed by atoms with van der Waals surface area (Å²) in [5.74, 6) is -71.6. The lowest BCUT2D eigenvalue weighted by Crippen LogP contribution is -2.81. The van der Waals surface area contributed by atoms with Gasteiger partial charge in [-0.05, 0) is 39.7 Å². The van der Waals surface area contributed by atoms with Crippen LogP contribution in [0.5, 0.6) is 5.75 Å². The zero-order chi connectivity index (χ0) is 58.8. The molecule has 0 atom stereocenters. The van der Waals surface area contributed by atoms with Gasteiger partial charge in [0.1, 0.15) is 64.6 Å². The van der Waals surface area contributed by atoms with Crippen molar-refractivity contribution in [1.29, 1.82) is 0 Å². The maximum atomic E-state index is 15.4. The van der Waals surface area contributed by atoms with E-state index in [2.05, 4.69) is 29.2 Å². The van der Waals surface area contributed by atoms with Crippen molar-refractivity contribution in [3.63, 3.8) is 0 Å². The fourth-order valence-electron chi connectivity index (χ4n) is 9.41. The van der Waals surface area contributed by atoms with Crippen molar-refractivity contribution in [3.8, 4) is 5.75 Å². The first-order valence-electron chi connectivity index (χ1n) is 22.6. The van der Waals surface area contributed by atoms with E-state index in [0.29, 0.717) is 11.3 Å². The zero-order valence-corrected chi connectivity index (χ0v) is 39.4. The minimum absolute atomic E-state index is 0.00209. The predicted octanol–water partition coefficient (Wildman–Crippen LogP) is 11.8. The van der Waals surface area contributed by atoms with Crippen LogP contribution in [0.1, 0.15) is 20.8 Å². The summed E-state index contributed by atoms with van der Waals surface area (Å²) < 4.78 is 302. The number of halogens is 20. The summed E-state index contributed by atoms with van der Waals surface area (Å²) >= 11 is 0. The van der Waals surface area contributed by atoms with Gasteiger partial charge < -0.3 is 4.74 Å². The van der Waals surface area contributed by atoms with Crippen molar-refractivity contribution in [2.45, 2.75) is 6.54 Å². The van der Waals surface area contributed by atoms with E-state index in [1.165, 1.54) is 6.20 Å². The van der Waals surface area contributed by atoms with Gasteiger partial charge in [0.2, 0.25) is 12.3 Å². The van der Waals surface area contributed by atoms with Gasteiger partial charge in [0.25, 0.3) is 0 Å². The molecule has 10 aromatic rings. The molecule has 26 heteroatoms. The summed E-state index contributed by atoms with van der Waals surface area (Å²) in [5, 5.41) is 5.81. The summed E-state index contributed by atoms with van der Waals surface area (Å²) in [7, 11) is 0. The monoisotopic (exact) mass is 1150 g/mol. The van der Waals surface area contributed by atoms with Gasteiger partial charge in [-0.3, -0.25) is 9.78 Å². The van der Waals surface area contributed by atoms with Crippen molar-refractivity contribution in [3.05, 3.63) is 243 Å². The first-order valence-corrected chi connectivity index (χ1v) is 22.6. The third-order valence-corrected chi connectivity index (χ3v) is 13.0. The van der Waals surface area contributed by atoms with E-state index in [1.54, 1.807) is 29.1 Å². The molecule has 10 rings (SSSR count). The topological polar surface area (TPSA) is 60.1 Å². The molecule has 412 valence electrons. The highest BCUT2D eigenvalue weighted by Crippen LogP contribution is 2.38. The molecule has 9 aromatic carbocycles. The highest BCUT2D eigenvalue weighted by Gasteiger charge is 2.52. The Labute approximate surface area is 438 Å². The summed E-state index contributed by atoms with van der Waals surface area (Å²) in [6.45, 7) is -0.00209. The highest BCUT2D eigenvalue weighted by molar-refractivity contribution is 7.20. The van der Waals surface area contributed by atoms with E-state index in [0.717, 1.165) is 32.3 Å². The maximum Gasteiger partial charge on any atom is 0.410 e. The first-order chi connectivity index (χ1) is 38.4. The quantitative estimate of drug-likeness (QED) is 0.0166. The van der Waals surface area contributed by atoms with Gasteiger partial charge in [0, 0.05) is 16.3 Å². The minimum atomic E-state index is -7.22. The number of hydrogen-bond donors (Lipinski definition) is 0. The molecule has 0 aliphatic heterocycles. The maximum absolute atomic E-state index is 15.4. The van der Waals surface area contributed by atoms with Gasteiger partial charge in [-0.15, -0.1) is 21.9 Å². The van der Waals surface area contributed by atoms with Gasteiger partial charge >= 0.3 is 11.7 Å². The number of ketones is 1. The number of fused-ring (bicyclic) bond motifs is 3. The summed E-state index contributed by atoms with van der Waals surface area (Å²) in [5.41, 5.74) is -13.6. The van der Waals surface area contributed by atoms with Crippen LogP contribution in [0.2, 0.25) is 0 Å². The van der Waals surface area contributed by atoms with E-state index in [-0.39, 0.29) is 18.0 Å². The van der Waals surface area contributed by atoms with Crippen LogP contribution in [0, 0.1) is 116 Å². The number of nitrogens with zero attached hydrogens (tertiary/aromatic N) is 2. The van der Waals surface area contributed by atoms with E-state index in [1.807, 2.05) is 60.7 Å². The second kappa shape index (κ2) is 21.4. The Balaban J connectivity index is 0.000000200. The lowest BCUT2D eigenvalue weighted by atomic mass is 9.12. The van der Waals surface area contributed by atoms with Crippen molar-refractivity contribution >= 4 is 72.1 Å².